The summed E-state index contributed by atoms with van der Waals surface area (Å²) in [6.07, 6.45) is 1.43. The number of aryl methyl sites for hydroxylation is 2. The van der Waals surface area contributed by atoms with Gasteiger partial charge in [0.05, 0.1) is 6.21 Å². The van der Waals surface area contributed by atoms with Gasteiger partial charge in [-0.05, 0) is 38.1 Å². The van der Waals surface area contributed by atoms with Crippen molar-refractivity contribution in [1.29, 1.82) is 0 Å². The van der Waals surface area contributed by atoms with Crippen molar-refractivity contribution in [2.45, 2.75) is 13.8 Å². The molecule has 5 nitrogen and oxygen atoms in total. The zero-order valence-corrected chi connectivity index (χ0v) is 9.56. The molecule has 0 bridgehead atoms. The van der Waals surface area contributed by atoms with E-state index in [1.54, 1.807) is 25.1 Å². The minimum Gasteiger partial charge on any atom is -0.460 e. The van der Waals surface area contributed by atoms with E-state index >= 15 is 0 Å². The van der Waals surface area contributed by atoms with Crippen molar-refractivity contribution in [3.63, 3.8) is 0 Å². The first kappa shape index (κ1) is 11.2. The van der Waals surface area contributed by atoms with Gasteiger partial charge in [-0.25, -0.2) is 5.43 Å². The summed E-state index contributed by atoms with van der Waals surface area (Å²) in [7, 11) is 0. The summed E-state index contributed by atoms with van der Waals surface area (Å²) in [6, 6.07) is 6.90. The van der Waals surface area contributed by atoms with E-state index in [4.69, 9.17) is 8.83 Å². The summed E-state index contributed by atoms with van der Waals surface area (Å²) in [6.45, 7) is 3.60. The Morgan fingerprint density at radius 2 is 1.88 bits per heavy atom. The molecular formula is C12H12N2O3. The Hall–Kier alpha value is -2.30. The number of furan rings is 2. The first-order valence-corrected chi connectivity index (χ1v) is 5.11. The third-order valence-corrected chi connectivity index (χ3v) is 2.08. The fourth-order valence-electron chi connectivity index (χ4n) is 1.29. The quantitative estimate of drug-likeness (QED) is 0.651. The second kappa shape index (κ2) is 4.69. The molecule has 0 unspecified atom stereocenters. The van der Waals surface area contributed by atoms with E-state index in [2.05, 4.69) is 10.5 Å². The molecule has 88 valence electrons. The Bertz CT molecular complexity index is 552. The van der Waals surface area contributed by atoms with Gasteiger partial charge in [0, 0.05) is 0 Å². The van der Waals surface area contributed by atoms with Crippen molar-refractivity contribution in [3.05, 3.63) is 47.3 Å². The highest BCUT2D eigenvalue weighted by atomic mass is 16.4. The number of nitrogens with one attached hydrogen (secondary N) is 1. The average molecular weight is 232 g/mol. The fourth-order valence-corrected chi connectivity index (χ4v) is 1.29. The van der Waals surface area contributed by atoms with Crippen molar-refractivity contribution in [2.24, 2.45) is 5.10 Å². The number of hydrogen-bond donors (Lipinski definition) is 1. The zero-order chi connectivity index (χ0) is 12.3. The fraction of sp³-hybridized carbons (Fsp3) is 0.167. The summed E-state index contributed by atoms with van der Waals surface area (Å²) in [5.41, 5.74) is 2.35. The normalized spacial score (nSPS) is 10.9. The molecule has 0 aliphatic rings. The van der Waals surface area contributed by atoms with Crippen LogP contribution in [0.3, 0.4) is 0 Å². The zero-order valence-electron chi connectivity index (χ0n) is 9.56. The van der Waals surface area contributed by atoms with E-state index in [0.717, 1.165) is 5.76 Å². The highest BCUT2D eigenvalue weighted by molar-refractivity contribution is 5.92. The molecule has 0 saturated carbocycles. The maximum Gasteiger partial charge on any atom is 0.307 e. The van der Waals surface area contributed by atoms with Crippen LogP contribution in [0, 0.1) is 13.8 Å². The van der Waals surface area contributed by atoms with E-state index in [9.17, 15) is 4.79 Å². The second-order valence-corrected chi connectivity index (χ2v) is 3.56. The molecular weight excluding hydrogens is 220 g/mol. The van der Waals surface area contributed by atoms with Gasteiger partial charge >= 0.3 is 5.91 Å². The highest BCUT2D eigenvalue weighted by Gasteiger charge is 2.07. The van der Waals surface area contributed by atoms with Gasteiger partial charge in [0.2, 0.25) is 0 Å². The summed E-state index contributed by atoms with van der Waals surface area (Å²) < 4.78 is 10.4. The predicted octanol–water partition coefficient (Wildman–Crippen LogP) is 2.25. The average Bonchev–Trinajstić information content (AvgIpc) is 2.88. The van der Waals surface area contributed by atoms with Gasteiger partial charge in [0.15, 0.2) is 5.76 Å². The molecule has 0 fully saturated rings. The number of rotatable bonds is 3. The molecule has 2 aromatic heterocycles. The molecule has 0 spiro atoms. The standard InChI is InChI=1S/C12H12N2O3/c1-8-3-5-10(16-8)7-13-14-12(15)11-6-4-9(2)17-11/h3-7H,1-2H3,(H,14,15)/b13-7-. The smallest absolute Gasteiger partial charge is 0.307 e. The van der Waals surface area contributed by atoms with Gasteiger partial charge in [-0.3, -0.25) is 4.79 Å². The minimum atomic E-state index is -0.391. The number of nitrogens with zero attached hydrogens (tertiary/aromatic N) is 1. The Kier molecular flexibility index (Phi) is 3.09. The monoisotopic (exact) mass is 232 g/mol. The van der Waals surface area contributed by atoms with Crippen LogP contribution >= 0.6 is 0 Å². The summed E-state index contributed by atoms with van der Waals surface area (Å²) in [5.74, 6) is 1.89. The van der Waals surface area contributed by atoms with Gasteiger partial charge in [0.1, 0.15) is 17.3 Å². The molecule has 0 aliphatic carbocycles. The second-order valence-electron chi connectivity index (χ2n) is 3.56. The summed E-state index contributed by atoms with van der Waals surface area (Å²) in [5, 5.41) is 3.76. The lowest BCUT2D eigenvalue weighted by atomic mass is 10.4. The van der Waals surface area contributed by atoms with Gasteiger partial charge in [0.25, 0.3) is 0 Å². The van der Waals surface area contributed by atoms with E-state index in [1.165, 1.54) is 6.21 Å². The van der Waals surface area contributed by atoms with Crippen molar-refractivity contribution in [1.82, 2.24) is 5.43 Å². The van der Waals surface area contributed by atoms with Gasteiger partial charge in [-0.1, -0.05) is 0 Å². The molecule has 0 saturated heterocycles. The molecule has 5 heteroatoms. The van der Waals surface area contributed by atoms with Crippen LogP contribution in [0.25, 0.3) is 0 Å². The molecule has 0 radical (unpaired) electrons. The lowest BCUT2D eigenvalue weighted by Crippen LogP contribution is -2.16. The highest BCUT2D eigenvalue weighted by Crippen LogP contribution is 2.06. The molecule has 2 heterocycles. The molecule has 0 atom stereocenters. The molecule has 1 amide bonds. The van der Waals surface area contributed by atoms with Crippen molar-refractivity contribution < 1.29 is 13.6 Å². The van der Waals surface area contributed by atoms with E-state index in [0.29, 0.717) is 11.5 Å². The number of hydrogen-bond acceptors (Lipinski definition) is 4. The van der Waals surface area contributed by atoms with Crippen LogP contribution < -0.4 is 5.43 Å². The molecule has 1 N–H and O–H groups in total. The van der Waals surface area contributed by atoms with Crippen molar-refractivity contribution in [2.75, 3.05) is 0 Å². The van der Waals surface area contributed by atoms with Gasteiger partial charge < -0.3 is 8.83 Å². The number of amides is 1. The van der Waals surface area contributed by atoms with Crippen LogP contribution in [-0.2, 0) is 0 Å². The van der Waals surface area contributed by atoms with Gasteiger partial charge in [-0.2, -0.15) is 5.10 Å². The molecule has 17 heavy (non-hydrogen) atoms. The van der Waals surface area contributed by atoms with Crippen LogP contribution in [0.2, 0.25) is 0 Å². The Morgan fingerprint density at radius 3 is 2.47 bits per heavy atom. The summed E-state index contributed by atoms with van der Waals surface area (Å²) >= 11 is 0. The predicted molar refractivity (Wildman–Crippen MR) is 62.0 cm³/mol. The van der Waals surface area contributed by atoms with Crippen LogP contribution in [0.5, 0.6) is 0 Å². The lowest BCUT2D eigenvalue weighted by Gasteiger charge is -1.94. The van der Waals surface area contributed by atoms with E-state index < -0.39 is 5.91 Å². The third-order valence-electron chi connectivity index (χ3n) is 2.08. The Balaban J connectivity index is 1.94. The molecule has 2 rings (SSSR count). The van der Waals surface area contributed by atoms with Crippen LogP contribution in [0.15, 0.2) is 38.2 Å². The first-order valence-electron chi connectivity index (χ1n) is 5.11. The number of carbonyl (C=O) groups excluding carboxylic acids is 1. The molecule has 0 aromatic carbocycles. The van der Waals surface area contributed by atoms with Crippen LogP contribution in [-0.4, -0.2) is 12.1 Å². The maximum atomic E-state index is 11.5. The Labute approximate surface area is 98.1 Å². The topological polar surface area (TPSA) is 67.7 Å². The number of carbonyl (C=O) groups is 1. The SMILES string of the molecule is Cc1ccc(/C=N\NC(=O)c2ccc(C)o2)o1. The lowest BCUT2D eigenvalue weighted by molar-refractivity contribution is 0.0926. The van der Waals surface area contributed by atoms with Crippen LogP contribution in [0.4, 0.5) is 0 Å². The first-order chi connectivity index (χ1) is 8.15. The number of hydrazone groups is 1. The van der Waals surface area contributed by atoms with Crippen LogP contribution in [0.1, 0.15) is 27.8 Å². The van der Waals surface area contributed by atoms with Gasteiger partial charge in [-0.15, -0.1) is 0 Å². The largest absolute Gasteiger partial charge is 0.460 e. The Morgan fingerprint density at radius 1 is 1.18 bits per heavy atom. The molecule has 2 aromatic rings. The minimum absolute atomic E-state index is 0.232. The van der Waals surface area contributed by atoms with Crippen molar-refractivity contribution >= 4 is 12.1 Å². The van der Waals surface area contributed by atoms with E-state index in [-0.39, 0.29) is 5.76 Å². The van der Waals surface area contributed by atoms with Crippen molar-refractivity contribution in [3.8, 4) is 0 Å². The molecule has 0 aliphatic heterocycles. The maximum absolute atomic E-state index is 11.5. The third kappa shape index (κ3) is 2.84. The van der Waals surface area contributed by atoms with E-state index in [1.807, 2.05) is 13.0 Å². The summed E-state index contributed by atoms with van der Waals surface area (Å²) in [4.78, 5) is 11.5.